The topological polar surface area (TPSA) is 124 Å². The molecule has 0 fully saturated rings. The maximum Gasteiger partial charge on any atom is 0.343 e. The number of rotatable bonds is 19. The maximum absolute atomic E-state index is 13.0. The highest BCUT2D eigenvalue weighted by molar-refractivity contribution is 5.91. The van der Waals surface area contributed by atoms with E-state index in [4.69, 9.17) is 28.4 Å². The van der Waals surface area contributed by atoms with Crippen molar-refractivity contribution >= 4 is 30.0 Å². The molecule has 0 aliphatic rings. The molecule has 10 heteroatoms. The van der Waals surface area contributed by atoms with E-state index in [2.05, 4.69) is 0 Å². The summed E-state index contributed by atoms with van der Waals surface area (Å²) in [6.07, 6.45) is 5.03. The number of ether oxygens (including phenoxy) is 6. The molecule has 0 spiro atoms. The normalized spacial score (nSPS) is 11.9. The van der Waals surface area contributed by atoms with Gasteiger partial charge in [0.05, 0.1) is 37.7 Å². The van der Waals surface area contributed by atoms with Gasteiger partial charge < -0.3 is 28.4 Å². The SMILES string of the molecule is CCC(CC(C)C(=O)OCCCCOc1ccc(C(=O)Oc2ccc(OC)cc2)cc1)C(=O)Oc1ccc(OC(=O)/C=C/c2ccc(-c3ccccc3)cc2)cc1. The Labute approximate surface area is 333 Å². The molecule has 10 nitrogen and oxygen atoms in total. The van der Waals surface area contributed by atoms with Crippen molar-refractivity contribution in [1.29, 1.82) is 0 Å². The Hall–Kier alpha value is -6.68. The summed E-state index contributed by atoms with van der Waals surface area (Å²) in [5, 5.41) is 0. The van der Waals surface area contributed by atoms with Crippen molar-refractivity contribution in [2.24, 2.45) is 11.8 Å². The van der Waals surface area contributed by atoms with Crippen LogP contribution in [0.1, 0.15) is 55.5 Å². The molecule has 0 aliphatic carbocycles. The fraction of sp³-hybridized carbons (Fsp3) is 0.234. The lowest BCUT2D eigenvalue weighted by Gasteiger charge is -2.18. The highest BCUT2D eigenvalue weighted by Crippen LogP contribution is 2.24. The second-order valence-corrected chi connectivity index (χ2v) is 13.2. The van der Waals surface area contributed by atoms with Gasteiger partial charge in [-0.15, -0.1) is 0 Å². The number of benzene rings is 5. The average Bonchev–Trinajstić information content (AvgIpc) is 3.24. The Bertz CT molecular complexity index is 2070. The van der Waals surface area contributed by atoms with Gasteiger partial charge in [-0.25, -0.2) is 9.59 Å². The zero-order valence-corrected chi connectivity index (χ0v) is 32.3. The minimum atomic E-state index is -0.540. The summed E-state index contributed by atoms with van der Waals surface area (Å²) < 4.78 is 32.7. The lowest BCUT2D eigenvalue weighted by molar-refractivity contribution is -0.149. The first kappa shape index (κ1) is 41.5. The Balaban J connectivity index is 0.958. The fourth-order valence-corrected chi connectivity index (χ4v) is 5.67. The second-order valence-electron chi connectivity index (χ2n) is 13.2. The first-order valence-electron chi connectivity index (χ1n) is 18.8. The zero-order chi connectivity index (χ0) is 40.4. The van der Waals surface area contributed by atoms with E-state index < -0.39 is 29.7 Å². The number of hydrogen-bond acceptors (Lipinski definition) is 10. The summed E-state index contributed by atoms with van der Waals surface area (Å²) in [6, 6.07) is 37.5. The van der Waals surface area contributed by atoms with Crippen LogP contribution in [-0.2, 0) is 19.1 Å². The largest absolute Gasteiger partial charge is 0.497 e. The lowest BCUT2D eigenvalue weighted by atomic mass is 9.94. The van der Waals surface area contributed by atoms with Gasteiger partial charge in [-0.2, -0.15) is 0 Å². The Kier molecular flexibility index (Phi) is 15.6. The van der Waals surface area contributed by atoms with E-state index in [-0.39, 0.29) is 19.0 Å². The zero-order valence-electron chi connectivity index (χ0n) is 32.3. The molecule has 0 heterocycles. The third kappa shape index (κ3) is 13.2. The van der Waals surface area contributed by atoms with Crippen LogP contribution in [0.4, 0.5) is 0 Å². The average molecular weight is 771 g/mol. The number of hydrogen-bond donors (Lipinski definition) is 0. The van der Waals surface area contributed by atoms with Gasteiger partial charge in [-0.05, 0) is 121 Å². The molecular formula is C47H46O10. The van der Waals surface area contributed by atoms with Gasteiger partial charge in [-0.3, -0.25) is 9.59 Å². The molecule has 5 rings (SSSR count). The van der Waals surface area contributed by atoms with E-state index in [1.165, 1.54) is 6.08 Å². The van der Waals surface area contributed by atoms with E-state index in [1.807, 2.05) is 61.5 Å². The smallest absolute Gasteiger partial charge is 0.343 e. The number of unbranched alkanes of at least 4 members (excludes halogenated alkanes) is 1. The maximum atomic E-state index is 13.0. The van der Waals surface area contributed by atoms with Crippen molar-refractivity contribution in [2.45, 2.75) is 39.5 Å². The lowest BCUT2D eigenvalue weighted by Crippen LogP contribution is -2.26. The summed E-state index contributed by atoms with van der Waals surface area (Å²) in [6.45, 7) is 4.21. The number of methoxy groups -OCH3 is 1. The fourth-order valence-electron chi connectivity index (χ4n) is 5.67. The highest BCUT2D eigenvalue weighted by Gasteiger charge is 2.26. The molecule has 0 aliphatic heterocycles. The number of esters is 4. The molecule has 0 radical (unpaired) electrons. The molecule has 0 amide bonds. The van der Waals surface area contributed by atoms with Crippen molar-refractivity contribution in [1.82, 2.24) is 0 Å². The molecule has 0 saturated heterocycles. The Morgan fingerprint density at radius 2 is 1.16 bits per heavy atom. The first-order chi connectivity index (χ1) is 27.7. The predicted octanol–water partition coefficient (Wildman–Crippen LogP) is 9.56. The minimum Gasteiger partial charge on any atom is -0.497 e. The first-order valence-corrected chi connectivity index (χ1v) is 18.8. The molecule has 0 aromatic heterocycles. The summed E-state index contributed by atoms with van der Waals surface area (Å²) in [7, 11) is 1.56. The van der Waals surface area contributed by atoms with Gasteiger partial charge >= 0.3 is 23.9 Å². The Morgan fingerprint density at radius 1 is 0.596 bits per heavy atom. The molecule has 2 unspecified atom stereocenters. The number of carbonyl (C=O) groups is 4. The van der Waals surface area contributed by atoms with Crippen molar-refractivity contribution in [2.75, 3.05) is 20.3 Å². The van der Waals surface area contributed by atoms with Gasteiger partial charge in [-0.1, -0.05) is 68.4 Å². The van der Waals surface area contributed by atoms with Gasteiger partial charge in [0.1, 0.15) is 28.7 Å². The van der Waals surface area contributed by atoms with Crippen LogP contribution >= 0.6 is 0 Å². The van der Waals surface area contributed by atoms with Crippen molar-refractivity contribution in [3.63, 3.8) is 0 Å². The predicted molar refractivity (Wildman–Crippen MR) is 216 cm³/mol. The van der Waals surface area contributed by atoms with Gasteiger partial charge in [0.15, 0.2) is 0 Å². The third-order valence-electron chi connectivity index (χ3n) is 8.97. The van der Waals surface area contributed by atoms with Crippen LogP contribution in [0.3, 0.4) is 0 Å². The molecule has 5 aromatic carbocycles. The second kappa shape index (κ2) is 21.4. The number of carbonyl (C=O) groups excluding carboxylic acids is 4. The van der Waals surface area contributed by atoms with Crippen LogP contribution in [0.5, 0.6) is 28.7 Å². The van der Waals surface area contributed by atoms with Gasteiger partial charge in [0.2, 0.25) is 0 Å². The molecule has 57 heavy (non-hydrogen) atoms. The summed E-state index contributed by atoms with van der Waals surface area (Å²) in [4.78, 5) is 50.5. The monoisotopic (exact) mass is 770 g/mol. The standard InChI is InChI=1S/C47H46O10/c1-4-35(46(50)56-43-27-25-41(26-28-43)55-44(48)29-14-34-12-15-37(16-13-34)36-10-6-5-7-11-36)32-33(2)45(49)54-31-9-8-30-53-40-19-17-38(18-20-40)47(51)57-42-23-21-39(52-3)22-24-42/h5-7,10-29,33,35H,4,8-9,30-32H2,1-3H3/b29-14+. The van der Waals surface area contributed by atoms with E-state index in [1.54, 1.807) is 92.9 Å². The summed E-state index contributed by atoms with van der Waals surface area (Å²) in [5.41, 5.74) is 3.44. The van der Waals surface area contributed by atoms with Crippen molar-refractivity contribution in [3.8, 4) is 39.9 Å². The molecule has 5 aromatic rings. The molecular weight excluding hydrogens is 725 g/mol. The van der Waals surface area contributed by atoms with Crippen LogP contribution in [-0.4, -0.2) is 44.2 Å². The van der Waals surface area contributed by atoms with Gasteiger partial charge in [0, 0.05) is 6.08 Å². The highest BCUT2D eigenvalue weighted by atomic mass is 16.5. The van der Waals surface area contributed by atoms with E-state index >= 15 is 0 Å². The minimum absolute atomic E-state index is 0.221. The molecule has 0 saturated carbocycles. The molecule has 2 atom stereocenters. The summed E-state index contributed by atoms with van der Waals surface area (Å²) >= 11 is 0. The summed E-state index contributed by atoms with van der Waals surface area (Å²) in [5.74, 6) is -0.603. The van der Waals surface area contributed by atoms with Crippen LogP contribution in [0.15, 0.2) is 133 Å². The van der Waals surface area contributed by atoms with Crippen molar-refractivity contribution < 1.29 is 47.6 Å². The van der Waals surface area contributed by atoms with Crippen LogP contribution in [0.25, 0.3) is 17.2 Å². The van der Waals surface area contributed by atoms with Crippen LogP contribution in [0.2, 0.25) is 0 Å². The van der Waals surface area contributed by atoms with Crippen LogP contribution < -0.4 is 23.7 Å². The van der Waals surface area contributed by atoms with Crippen LogP contribution in [0, 0.1) is 11.8 Å². The third-order valence-corrected chi connectivity index (χ3v) is 8.97. The quantitative estimate of drug-likeness (QED) is 0.0347. The van der Waals surface area contributed by atoms with Gasteiger partial charge in [0.25, 0.3) is 0 Å². The molecule has 0 bridgehead atoms. The molecule has 0 N–H and O–H groups in total. The van der Waals surface area contributed by atoms with E-state index in [9.17, 15) is 19.2 Å². The van der Waals surface area contributed by atoms with E-state index in [0.29, 0.717) is 60.2 Å². The van der Waals surface area contributed by atoms with Crippen molar-refractivity contribution in [3.05, 3.63) is 145 Å². The van der Waals surface area contributed by atoms with E-state index in [0.717, 1.165) is 16.7 Å². The Morgan fingerprint density at radius 3 is 1.79 bits per heavy atom. The molecule has 294 valence electrons.